The Bertz CT molecular complexity index is 1110. The summed E-state index contributed by atoms with van der Waals surface area (Å²) in [5.74, 6) is -1.33. The Kier molecular flexibility index (Phi) is 6.45. The van der Waals surface area contributed by atoms with Crippen LogP contribution in [0, 0.1) is 16.0 Å². The highest BCUT2D eigenvalue weighted by atomic mass is 19.4. The van der Waals surface area contributed by atoms with Crippen molar-refractivity contribution in [2.45, 2.75) is 25.4 Å². The highest BCUT2D eigenvalue weighted by Crippen LogP contribution is 2.38. The zero-order valence-electron chi connectivity index (χ0n) is 18.1. The van der Waals surface area contributed by atoms with Gasteiger partial charge in [0.05, 0.1) is 16.4 Å². The van der Waals surface area contributed by atoms with Gasteiger partial charge in [0.15, 0.2) is 6.61 Å². The van der Waals surface area contributed by atoms with E-state index in [2.05, 4.69) is 0 Å². The van der Waals surface area contributed by atoms with Gasteiger partial charge in [-0.2, -0.15) is 13.2 Å². The van der Waals surface area contributed by atoms with Gasteiger partial charge in [0.2, 0.25) is 0 Å². The van der Waals surface area contributed by atoms with Crippen molar-refractivity contribution in [2.24, 2.45) is 5.92 Å². The van der Waals surface area contributed by atoms with Gasteiger partial charge in [-0.3, -0.25) is 19.7 Å². The molecule has 0 spiro atoms. The van der Waals surface area contributed by atoms with E-state index in [1.54, 1.807) is 9.80 Å². The number of nitrogens with zero attached hydrogens (tertiary/aromatic N) is 3. The molecule has 0 bridgehead atoms. The number of amides is 1. The molecule has 34 heavy (non-hydrogen) atoms. The number of rotatable bonds is 5. The van der Waals surface area contributed by atoms with Crippen LogP contribution in [0.25, 0.3) is 0 Å². The fraction of sp³-hybridized carbons (Fsp3) is 0.391. The molecule has 2 aromatic carbocycles. The summed E-state index contributed by atoms with van der Waals surface area (Å²) in [5, 5.41) is 11.4. The van der Waals surface area contributed by atoms with E-state index in [1.165, 1.54) is 0 Å². The lowest BCUT2D eigenvalue weighted by Gasteiger charge is -2.32. The van der Waals surface area contributed by atoms with Crippen LogP contribution in [-0.4, -0.2) is 43.0 Å². The van der Waals surface area contributed by atoms with Gasteiger partial charge in [0.1, 0.15) is 5.69 Å². The highest BCUT2D eigenvalue weighted by molar-refractivity contribution is 5.97. The molecule has 0 N–H and O–H groups in total. The summed E-state index contributed by atoms with van der Waals surface area (Å²) in [4.78, 5) is 38.7. The molecule has 4 rings (SSSR count). The molecule has 0 aliphatic carbocycles. The molecular weight excluding hydrogens is 455 g/mol. The zero-order valence-corrected chi connectivity index (χ0v) is 18.1. The lowest BCUT2D eigenvalue weighted by molar-refractivity contribution is -0.384. The van der Waals surface area contributed by atoms with E-state index in [1.807, 2.05) is 24.3 Å². The van der Waals surface area contributed by atoms with Crippen molar-refractivity contribution >= 4 is 28.9 Å². The van der Waals surface area contributed by atoms with E-state index >= 15 is 0 Å². The largest absolute Gasteiger partial charge is 0.455 e. The summed E-state index contributed by atoms with van der Waals surface area (Å²) >= 11 is 0. The van der Waals surface area contributed by atoms with Crippen molar-refractivity contribution in [1.29, 1.82) is 0 Å². The number of hydrogen-bond acceptors (Lipinski definition) is 6. The fourth-order valence-electron chi connectivity index (χ4n) is 4.40. The predicted molar refractivity (Wildman–Crippen MR) is 116 cm³/mol. The van der Waals surface area contributed by atoms with Gasteiger partial charge in [0, 0.05) is 31.4 Å². The van der Waals surface area contributed by atoms with Gasteiger partial charge < -0.3 is 14.5 Å². The van der Waals surface area contributed by atoms with Crippen molar-refractivity contribution in [3.8, 4) is 0 Å². The Morgan fingerprint density at radius 2 is 1.76 bits per heavy atom. The average molecular weight is 477 g/mol. The first-order chi connectivity index (χ1) is 16.1. The molecule has 0 aromatic heterocycles. The number of alkyl halides is 3. The third-order valence-corrected chi connectivity index (χ3v) is 6.19. The van der Waals surface area contributed by atoms with E-state index in [4.69, 9.17) is 4.74 Å². The first-order valence-corrected chi connectivity index (χ1v) is 10.8. The molecule has 1 saturated heterocycles. The molecule has 1 amide bonds. The lowest BCUT2D eigenvalue weighted by atomic mass is 9.96. The second-order valence-electron chi connectivity index (χ2n) is 8.25. The Labute approximate surface area is 193 Å². The molecule has 0 unspecified atom stereocenters. The molecule has 2 aliphatic heterocycles. The van der Waals surface area contributed by atoms with E-state index in [0.29, 0.717) is 25.5 Å². The minimum atomic E-state index is -4.69. The summed E-state index contributed by atoms with van der Waals surface area (Å²) in [7, 11) is 0. The zero-order chi connectivity index (χ0) is 24.5. The van der Waals surface area contributed by atoms with Crippen LogP contribution in [0.3, 0.4) is 0 Å². The third kappa shape index (κ3) is 4.82. The van der Waals surface area contributed by atoms with Gasteiger partial charge in [-0.15, -0.1) is 0 Å². The standard InChI is InChI=1S/C23H22F3N3O5/c24-23(25,26)17-5-6-19(20(13-17)29(32)33)27-10-7-16(8-11-27)22(31)34-14-21(30)28-12-9-15-3-1-2-4-18(15)28/h1-6,13,16H,7-12,14H2. The summed E-state index contributed by atoms with van der Waals surface area (Å²) in [6.45, 7) is 0.622. The van der Waals surface area contributed by atoms with Gasteiger partial charge >= 0.3 is 12.1 Å². The van der Waals surface area contributed by atoms with Crippen molar-refractivity contribution < 1.29 is 32.4 Å². The fourth-order valence-corrected chi connectivity index (χ4v) is 4.40. The maximum absolute atomic E-state index is 12.9. The highest BCUT2D eigenvalue weighted by Gasteiger charge is 2.35. The maximum Gasteiger partial charge on any atom is 0.416 e. The van der Waals surface area contributed by atoms with Crippen molar-refractivity contribution in [3.05, 3.63) is 63.7 Å². The van der Waals surface area contributed by atoms with E-state index in [9.17, 15) is 32.9 Å². The smallest absolute Gasteiger partial charge is 0.416 e. The molecule has 2 aliphatic rings. The Morgan fingerprint density at radius 3 is 2.44 bits per heavy atom. The SMILES string of the molecule is O=C(OCC(=O)N1CCc2ccccc21)C1CCN(c2ccc(C(F)(F)F)cc2[N+](=O)[O-])CC1. The Hall–Kier alpha value is -3.63. The number of nitro groups is 1. The number of carbonyl (C=O) groups excluding carboxylic acids is 2. The van der Waals surface area contributed by atoms with Crippen molar-refractivity contribution in [3.63, 3.8) is 0 Å². The van der Waals surface area contributed by atoms with Crippen LogP contribution in [0.2, 0.25) is 0 Å². The number of halogens is 3. The third-order valence-electron chi connectivity index (χ3n) is 6.19. The summed E-state index contributed by atoms with van der Waals surface area (Å²) in [6, 6.07) is 9.96. The Balaban J connectivity index is 1.33. The molecule has 2 heterocycles. The molecule has 11 heteroatoms. The van der Waals surface area contributed by atoms with Crippen molar-refractivity contribution in [2.75, 3.05) is 36.0 Å². The van der Waals surface area contributed by atoms with Crippen LogP contribution in [-0.2, 0) is 26.9 Å². The molecule has 8 nitrogen and oxygen atoms in total. The average Bonchev–Trinajstić information content (AvgIpc) is 3.26. The second-order valence-corrected chi connectivity index (χ2v) is 8.25. The molecule has 0 saturated carbocycles. The van der Waals surface area contributed by atoms with E-state index in [-0.39, 0.29) is 31.3 Å². The molecular formula is C23H22F3N3O5. The van der Waals surface area contributed by atoms with Crippen LogP contribution in [0.1, 0.15) is 24.0 Å². The minimum Gasteiger partial charge on any atom is -0.455 e. The van der Waals surface area contributed by atoms with Crippen LogP contribution in [0.5, 0.6) is 0 Å². The van der Waals surface area contributed by atoms with Crippen LogP contribution in [0.4, 0.5) is 30.2 Å². The summed E-state index contributed by atoms with van der Waals surface area (Å²) in [5.41, 5.74) is 0.230. The first kappa shape index (κ1) is 23.5. The number of fused-ring (bicyclic) bond motifs is 1. The molecule has 1 fully saturated rings. The van der Waals surface area contributed by atoms with Gasteiger partial charge in [0.25, 0.3) is 11.6 Å². The van der Waals surface area contributed by atoms with Gasteiger partial charge in [-0.1, -0.05) is 18.2 Å². The lowest BCUT2D eigenvalue weighted by Crippen LogP contribution is -2.39. The molecule has 0 atom stereocenters. The van der Waals surface area contributed by atoms with Crippen LogP contribution < -0.4 is 9.80 Å². The van der Waals surface area contributed by atoms with Crippen LogP contribution in [0.15, 0.2) is 42.5 Å². The number of hydrogen-bond donors (Lipinski definition) is 0. The number of anilines is 2. The Morgan fingerprint density at radius 1 is 1.06 bits per heavy atom. The van der Waals surface area contributed by atoms with Gasteiger partial charge in [-0.25, -0.2) is 0 Å². The number of para-hydroxylation sites is 1. The summed E-state index contributed by atoms with van der Waals surface area (Å²) < 4.78 is 44.0. The number of piperidine rings is 1. The molecule has 0 radical (unpaired) electrons. The van der Waals surface area contributed by atoms with Gasteiger partial charge in [-0.05, 0) is 43.0 Å². The maximum atomic E-state index is 12.9. The molecule has 180 valence electrons. The number of carbonyl (C=O) groups is 2. The second kappa shape index (κ2) is 9.32. The summed E-state index contributed by atoms with van der Waals surface area (Å²) in [6.07, 6.45) is -3.34. The number of esters is 1. The van der Waals surface area contributed by atoms with Crippen molar-refractivity contribution in [1.82, 2.24) is 0 Å². The molecule has 2 aromatic rings. The number of ether oxygens (including phenoxy) is 1. The van der Waals surface area contributed by atoms with Crippen LogP contribution >= 0.6 is 0 Å². The van der Waals surface area contributed by atoms with E-state index < -0.39 is 34.2 Å². The monoisotopic (exact) mass is 477 g/mol. The first-order valence-electron chi connectivity index (χ1n) is 10.8. The number of nitro benzene ring substituents is 1. The quantitative estimate of drug-likeness (QED) is 0.368. The number of benzene rings is 2. The normalized spacial score (nSPS) is 16.3. The topological polar surface area (TPSA) is 93.0 Å². The van der Waals surface area contributed by atoms with E-state index in [0.717, 1.165) is 29.8 Å². The minimum absolute atomic E-state index is 0.0766. The predicted octanol–water partition coefficient (Wildman–Crippen LogP) is 3.96.